The Morgan fingerprint density at radius 2 is 1.76 bits per heavy atom. The average molecular weight is 348 g/mol. The van der Waals surface area contributed by atoms with E-state index in [1.807, 2.05) is 47.3 Å². The maximum Gasteiger partial charge on any atom is 0.236 e. The highest BCUT2D eigenvalue weighted by Gasteiger charge is 2.08. The van der Waals surface area contributed by atoms with Crippen LogP contribution in [0.4, 0.5) is 0 Å². The molecule has 0 radical (unpaired) electrons. The molecule has 2 aromatic carbocycles. The van der Waals surface area contributed by atoms with Crippen molar-refractivity contribution in [3.05, 3.63) is 84.5 Å². The summed E-state index contributed by atoms with van der Waals surface area (Å²) < 4.78 is 7.18. The number of benzene rings is 2. The minimum absolute atomic E-state index is 0.639. The van der Waals surface area contributed by atoms with Crippen LogP contribution in [-0.4, -0.2) is 19.9 Å². The van der Waals surface area contributed by atoms with Crippen LogP contribution in [0.1, 0.15) is 11.5 Å². The van der Waals surface area contributed by atoms with Gasteiger partial charge in [-0.05, 0) is 23.8 Å². The molecule has 0 N–H and O–H groups in total. The van der Waals surface area contributed by atoms with Gasteiger partial charge in [0.2, 0.25) is 11.7 Å². The van der Waals surface area contributed by atoms with E-state index >= 15 is 0 Å². The maximum atomic E-state index is 5.33. The van der Waals surface area contributed by atoms with Gasteiger partial charge in [-0.1, -0.05) is 47.6 Å². The summed E-state index contributed by atoms with van der Waals surface area (Å²) in [4.78, 5) is 4.45. The maximum absolute atomic E-state index is 5.33. The van der Waals surface area contributed by atoms with Gasteiger partial charge in [-0.15, -0.1) is 11.8 Å². The van der Waals surface area contributed by atoms with E-state index in [0.29, 0.717) is 17.5 Å². The van der Waals surface area contributed by atoms with Gasteiger partial charge in [0.1, 0.15) is 0 Å². The van der Waals surface area contributed by atoms with E-state index in [0.717, 1.165) is 17.0 Å². The number of hydrogen-bond acceptors (Lipinski definition) is 5. The SMILES string of the molecule is c1ccc(-c2noc(CSCc3ccc(-n4cccn4)cc3)n2)cc1. The second kappa shape index (κ2) is 7.36. The van der Waals surface area contributed by atoms with E-state index in [-0.39, 0.29) is 0 Å². The Kier molecular flexibility index (Phi) is 4.61. The van der Waals surface area contributed by atoms with Gasteiger partial charge >= 0.3 is 0 Å². The van der Waals surface area contributed by atoms with Crippen LogP contribution < -0.4 is 0 Å². The first-order valence-corrected chi connectivity index (χ1v) is 9.09. The summed E-state index contributed by atoms with van der Waals surface area (Å²) in [6, 6.07) is 20.1. The summed E-state index contributed by atoms with van der Waals surface area (Å²) in [6.45, 7) is 0. The van der Waals surface area contributed by atoms with E-state index in [1.165, 1.54) is 5.56 Å². The largest absolute Gasteiger partial charge is 0.338 e. The second-order valence-corrected chi connectivity index (χ2v) is 6.47. The quantitative estimate of drug-likeness (QED) is 0.518. The van der Waals surface area contributed by atoms with E-state index in [1.54, 1.807) is 18.0 Å². The topological polar surface area (TPSA) is 56.7 Å². The molecule has 25 heavy (non-hydrogen) atoms. The molecule has 0 saturated heterocycles. The van der Waals surface area contributed by atoms with Crippen molar-refractivity contribution < 1.29 is 4.52 Å². The summed E-state index contributed by atoms with van der Waals surface area (Å²) in [6.07, 6.45) is 3.71. The molecule has 0 aliphatic carbocycles. The standard InChI is InChI=1S/C19H16N4OS/c1-2-5-16(6-3-1)19-21-18(24-22-19)14-25-13-15-7-9-17(10-8-15)23-12-4-11-20-23/h1-12H,13-14H2. The molecule has 2 heterocycles. The Morgan fingerprint density at radius 3 is 2.52 bits per heavy atom. The first-order chi connectivity index (χ1) is 12.4. The first kappa shape index (κ1) is 15.7. The molecular weight excluding hydrogens is 332 g/mol. The molecular formula is C19H16N4OS. The summed E-state index contributed by atoms with van der Waals surface area (Å²) in [5.74, 6) is 2.88. The Balaban J connectivity index is 1.33. The molecule has 0 aliphatic heterocycles. The summed E-state index contributed by atoms with van der Waals surface area (Å²) >= 11 is 1.75. The molecule has 4 rings (SSSR count). The van der Waals surface area contributed by atoms with Gasteiger partial charge in [0, 0.05) is 23.7 Å². The number of thioether (sulfide) groups is 1. The van der Waals surface area contributed by atoms with Crippen LogP contribution in [0.3, 0.4) is 0 Å². The van der Waals surface area contributed by atoms with Crippen molar-refractivity contribution in [1.82, 2.24) is 19.9 Å². The first-order valence-electron chi connectivity index (χ1n) is 7.93. The van der Waals surface area contributed by atoms with E-state index in [2.05, 4.69) is 39.5 Å². The zero-order chi connectivity index (χ0) is 16.9. The number of rotatable bonds is 6. The minimum atomic E-state index is 0.639. The normalized spacial score (nSPS) is 10.9. The fraction of sp³-hybridized carbons (Fsp3) is 0.105. The fourth-order valence-corrected chi connectivity index (χ4v) is 3.26. The third-order valence-corrected chi connectivity index (χ3v) is 4.69. The molecule has 2 aromatic heterocycles. The van der Waals surface area contributed by atoms with Gasteiger partial charge in [0.25, 0.3) is 0 Å². The van der Waals surface area contributed by atoms with Crippen LogP contribution in [0.25, 0.3) is 17.1 Å². The third kappa shape index (κ3) is 3.80. The Labute approximate surface area is 149 Å². The Hall–Kier alpha value is -2.86. The highest BCUT2D eigenvalue weighted by Crippen LogP contribution is 2.20. The lowest BCUT2D eigenvalue weighted by Crippen LogP contribution is -1.94. The minimum Gasteiger partial charge on any atom is -0.338 e. The number of nitrogens with zero attached hydrogens (tertiary/aromatic N) is 4. The van der Waals surface area contributed by atoms with Gasteiger partial charge in [-0.25, -0.2) is 4.68 Å². The van der Waals surface area contributed by atoms with Crippen molar-refractivity contribution in [3.63, 3.8) is 0 Å². The number of hydrogen-bond donors (Lipinski definition) is 0. The van der Waals surface area contributed by atoms with Crippen molar-refractivity contribution >= 4 is 11.8 Å². The average Bonchev–Trinajstić information content (AvgIpc) is 3.35. The predicted molar refractivity (Wildman–Crippen MR) is 98.3 cm³/mol. The van der Waals surface area contributed by atoms with Gasteiger partial charge in [-0.2, -0.15) is 10.1 Å². The van der Waals surface area contributed by atoms with Crippen molar-refractivity contribution in [2.75, 3.05) is 0 Å². The second-order valence-electron chi connectivity index (χ2n) is 5.49. The van der Waals surface area contributed by atoms with Crippen molar-refractivity contribution in [2.24, 2.45) is 0 Å². The lowest BCUT2D eigenvalue weighted by Gasteiger charge is -2.03. The summed E-state index contributed by atoms with van der Waals surface area (Å²) in [5.41, 5.74) is 3.28. The van der Waals surface area contributed by atoms with Gasteiger partial charge in [0.15, 0.2) is 0 Å². The van der Waals surface area contributed by atoms with Gasteiger partial charge in [0.05, 0.1) is 11.4 Å². The smallest absolute Gasteiger partial charge is 0.236 e. The van der Waals surface area contributed by atoms with Crippen LogP contribution in [0.5, 0.6) is 0 Å². The van der Waals surface area contributed by atoms with Crippen LogP contribution in [0.2, 0.25) is 0 Å². The van der Waals surface area contributed by atoms with Crippen LogP contribution >= 0.6 is 11.8 Å². The zero-order valence-electron chi connectivity index (χ0n) is 13.4. The predicted octanol–water partition coefficient (Wildman–Crippen LogP) is 4.36. The molecule has 5 nitrogen and oxygen atoms in total. The molecule has 0 aliphatic rings. The monoisotopic (exact) mass is 348 g/mol. The zero-order valence-corrected chi connectivity index (χ0v) is 14.3. The fourth-order valence-electron chi connectivity index (χ4n) is 2.44. The molecule has 0 spiro atoms. The van der Waals surface area contributed by atoms with E-state index in [4.69, 9.17) is 4.52 Å². The molecule has 0 unspecified atom stereocenters. The molecule has 124 valence electrons. The summed E-state index contributed by atoms with van der Waals surface area (Å²) in [7, 11) is 0. The molecule has 4 aromatic rings. The van der Waals surface area contributed by atoms with Gasteiger partial charge < -0.3 is 4.52 Å². The van der Waals surface area contributed by atoms with Crippen molar-refractivity contribution in [3.8, 4) is 17.1 Å². The molecule has 6 heteroatoms. The number of aromatic nitrogens is 4. The Morgan fingerprint density at radius 1 is 0.920 bits per heavy atom. The van der Waals surface area contributed by atoms with Crippen molar-refractivity contribution in [2.45, 2.75) is 11.5 Å². The van der Waals surface area contributed by atoms with E-state index < -0.39 is 0 Å². The van der Waals surface area contributed by atoms with Crippen LogP contribution in [0, 0.1) is 0 Å². The van der Waals surface area contributed by atoms with E-state index in [9.17, 15) is 0 Å². The summed E-state index contributed by atoms with van der Waals surface area (Å²) in [5, 5.41) is 8.27. The van der Waals surface area contributed by atoms with Crippen LogP contribution in [-0.2, 0) is 11.5 Å². The molecule has 0 bridgehead atoms. The Bertz CT molecular complexity index is 918. The van der Waals surface area contributed by atoms with Crippen LogP contribution in [0.15, 0.2) is 77.6 Å². The molecule has 0 fully saturated rings. The third-order valence-electron chi connectivity index (χ3n) is 3.70. The lowest BCUT2D eigenvalue weighted by atomic mass is 10.2. The lowest BCUT2D eigenvalue weighted by molar-refractivity contribution is 0.391. The highest BCUT2D eigenvalue weighted by atomic mass is 32.2. The van der Waals surface area contributed by atoms with Crippen molar-refractivity contribution in [1.29, 1.82) is 0 Å². The highest BCUT2D eigenvalue weighted by molar-refractivity contribution is 7.97. The molecule has 0 saturated carbocycles. The van der Waals surface area contributed by atoms with Gasteiger partial charge in [-0.3, -0.25) is 0 Å². The molecule has 0 atom stereocenters. The molecule has 0 amide bonds.